The van der Waals surface area contributed by atoms with E-state index in [0.29, 0.717) is 36.0 Å². The summed E-state index contributed by atoms with van der Waals surface area (Å²) < 4.78 is 16.3. The smallest absolute Gasteiger partial charge is 0.343 e. The maximum Gasteiger partial charge on any atom is 0.343 e. The molecule has 0 N–H and O–H groups in total. The van der Waals surface area contributed by atoms with Crippen molar-refractivity contribution in [2.45, 2.75) is 77.0 Å². The number of esters is 2. The van der Waals surface area contributed by atoms with E-state index in [4.69, 9.17) is 14.2 Å². The summed E-state index contributed by atoms with van der Waals surface area (Å²) in [7, 11) is 0. The molecule has 0 bridgehead atoms. The molecule has 0 saturated heterocycles. The number of carbonyl (C=O) groups excluding carboxylic acids is 3. The van der Waals surface area contributed by atoms with Crippen molar-refractivity contribution in [3.63, 3.8) is 0 Å². The number of carbonyl (C=O) groups is 3. The molecule has 0 unspecified atom stereocenters. The van der Waals surface area contributed by atoms with Crippen LogP contribution in [0.5, 0.6) is 11.5 Å². The lowest BCUT2D eigenvalue weighted by atomic mass is 9.77. The van der Waals surface area contributed by atoms with Crippen molar-refractivity contribution >= 4 is 18.2 Å². The quantitative estimate of drug-likeness (QED) is 0.0797. The number of ether oxygens (including phenoxy) is 3. The molecule has 0 atom stereocenters. The van der Waals surface area contributed by atoms with Crippen LogP contribution in [0.4, 0.5) is 0 Å². The zero-order valence-electron chi connectivity index (χ0n) is 22.5. The van der Waals surface area contributed by atoms with E-state index in [1.54, 1.807) is 30.3 Å². The molecule has 2 aromatic carbocycles. The topological polar surface area (TPSA) is 78.9 Å². The van der Waals surface area contributed by atoms with Gasteiger partial charge in [0.25, 0.3) is 0 Å². The van der Waals surface area contributed by atoms with E-state index >= 15 is 0 Å². The van der Waals surface area contributed by atoms with Gasteiger partial charge in [0.15, 0.2) is 6.29 Å². The van der Waals surface area contributed by atoms with Gasteiger partial charge in [-0.05, 0) is 105 Å². The minimum absolute atomic E-state index is 0.285. The van der Waals surface area contributed by atoms with Crippen LogP contribution in [0.25, 0.3) is 0 Å². The fourth-order valence-electron chi connectivity index (χ4n) is 5.02. The molecule has 0 aliphatic heterocycles. The lowest BCUT2D eigenvalue weighted by Crippen LogP contribution is -2.14. The molecule has 0 spiro atoms. The molecule has 1 aliphatic carbocycles. The summed E-state index contributed by atoms with van der Waals surface area (Å²) in [5, 5.41) is 0. The molecule has 3 rings (SSSR count). The van der Waals surface area contributed by atoms with Crippen molar-refractivity contribution in [2.75, 3.05) is 13.2 Å². The Morgan fingerprint density at radius 2 is 1.66 bits per heavy atom. The average molecular weight is 521 g/mol. The molecule has 6 nitrogen and oxygen atoms in total. The van der Waals surface area contributed by atoms with Gasteiger partial charge in [-0.15, -0.1) is 0 Å². The van der Waals surface area contributed by atoms with Crippen LogP contribution < -0.4 is 9.47 Å². The van der Waals surface area contributed by atoms with Crippen molar-refractivity contribution in [2.24, 2.45) is 5.92 Å². The van der Waals surface area contributed by atoms with E-state index in [0.717, 1.165) is 62.4 Å². The molecular weight excluding hydrogens is 480 g/mol. The Morgan fingerprint density at radius 1 is 0.947 bits per heavy atom. The summed E-state index contributed by atoms with van der Waals surface area (Å²) in [5.74, 6) is 1.34. The van der Waals surface area contributed by atoms with Gasteiger partial charge in [-0.3, -0.25) is 4.79 Å². The number of hydrogen-bond acceptors (Lipinski definition) is 6. The predicted molar refractivity (Wildman–Crippen MR) is 148 cm³/mol. The van der Waals surface area contributed by atoms with Crippen LogP contribution in [-0.2, 0) is 9.53 Å². The van der Waals surface area contributed by atoms with Gasteiger partial charge in [0.2, 0.25) is 0 Å². The molecule has 38 heavy (non-hydrogen) atoms. The Morgan fingerprint density at radius 3 is 2.32 bits per heavy atom. The van der Waals surface area contributed by atoms with Crippen molar-refractivity contribution in [3.05, 3.63) is 71.8 Å². The van der Waals surface area contributed by atoms with Crippen LogP contribution in [0.15, 0.2) is 55.1 Å². The summed E-state index contributed by atoms with van der Waals surface area (Å²) in [6.45, 7) is 6.57. The second-order valence-corrected chi connectivity index (χ2v) is 9.97. The minimum Gasteiger partial charge on any atom is -0.494 e. The van der Waals surface area contributed by atoms with Crippen LogP contribution >= 0.6 is 0 Å². The molecule has 204 valence electrons. The third kappa shape index (κ3) is 9.16. The zero-order chi connectivity index (χ0) is 27.2. The highest BCUT2D eigenvalue weighted by Gasteiger charge is 2.23. The normalized spacial score (nSPS) is 16.9. The highest BCUT2D eigenvalue weighted by Crippen LogP contribution is 2.38. The Hall–Kier alpha value is -3.41. The standard InChI is InChI=1S/C32H40O6/c1-3-9-24-10-12-25(13-11-24)27-16-19-30(28(22-27)23-33)38-32(35)26-14-17-29(18-15-26)36-20-7-5-6-8-21-37-31(34)4-2/h4,14-19,22-25H,2-3,5-13,20-21H2,1H3. The first kappa shape index (κ1) is 29.2. The largest absolute Gasteiger partial charge is 0.494 e. The molecule has 0 aromatic heterocycles. The Kier molecular flexibility index (Phi) is 12.1. The van der Waals surface area contributed by atoms with Crippen molar-refractivity contribution in [1.29, 1.82) is 0 Å². The number of hydrogen-bond donors (Lipinski definition) is 0. The fourth-order valence-corrected chi connectivity index (χ4v) is 5.02. The zero-order valence-corrected chi connectivity index (χ0v) is 22.5. The Labute approximate surface area is 226 Å². The molecule has 0 radical (unpaired) electrons. The number of rotatable bonds is 15. The van der Waals surface area contributed by atoms with E-state index in [9.17, 15) is 14.4 Å². The van der Waals surface area contributed by atoms with Gasteiger partial charge in [0, 0.05) is 6.08 Å². The van der Waals surface area contributed by atoms with Crippen LogP contribution in [-0.4, -0.2) is 31.4 Å². The van der Waals surface area contributed by atoms with Gasteiger partial charge in [-0.1, -0.05) is 32.4 Å². The predicted octanol–water partition coefficient (Wildman–Crippen LogP) is 7.46. The summed E-state index contributed by atoms with van der Waals surface area (Å²) in [6, 6.07) is 12.4. The third-order valence-corrected chi connectivity index (χ3v) is 7.19. The van der Waals surface area contributed by atoms with Crippen LogP contribution in [0.1, 0.15) is 103 Å². The first-order valence-corrected chi connectivity index (χ1v) is 13.9. The van der Waals surface area contributed by atoms with E-state index in [1.165, 1.54) is 25.7 Å². The number of benzene rings is 2. The molecular formula is C32H40O6. The fraction of sp³-hybridized carbons (Fsp3) is 0.469. The van der Waals surface area contributed by atoms with Gasteiger partial charge in [-0.2, -0.15) is 0 Å². The molecule has 6 heteroatoms. The van der Waals surface area contributed by atoms with Crippen molar-refractivity contribution in [1.82, 2.24) is 0 Å². The summed E-state index contributed by atoms with van der Waals surface area (Å²) >= 11 is 0. The molecule has 0 amide bonds. The van der Waals surface area contributed by atoms with Crippen LogP contribution in [0, 0.1) is 5.92 Å². The van der Waals surface area contributed by atoms with Gasteiger partial charge in [-0.25, -0.2) is 9.59 Å². The number of unbranched alkanes of at least 4 members (excludes halogenated alkanes) is 3. The first-order valence-electron chi connectivity index (χ1n) is 13.9. The Bertz CT molecular complexity index is 1050. The van der Waals surface area contributed by atoms with E-state index < -0.39 is 11.9 Å². The summed E-state index contributed by atoms with van der Waals surface area (Å²) in [6.07, 6.45) is 12.8. The van der Waals surface area contributed by atoms with Gasteiger partial charge >= 0.3 is 11.9 Å². The molecule has 1 fully saturated rings. The van der Waals surface area contributed by atoms with Crippen molar-refractivity contribution in [3.8, 4) is 11.5 Å². The monoisotopic (exact) mass is 520 g/mol. The third-order valence-electron chi connectivity index (χ3n) is 7.19. The number of aldehydes is 1. The van der Waals surface area contributed by atoms with Gasteiger partial charge in [0.1, 0.15) is 11.5 Å². The van der Waals surface area contributed by atoms with Crippen molar-refractivity contribution < 1.29 is 28.6 Å². The maximum atomic E-state index is 12.7. The maximum absolute atomic E-state index is 12.7. The van der Waals surface area contributed by atoms with Gasteiger partial charge in [0.05, 0.1) is 24.3 Å². The molecule has 1 saturated carbocycles. The molecule has 2 aromatic rings. The second-order valence-electron chi connectivity index (χ2n) is 9.97. The average Bonchev–Trinajstić information content (AvgIpc) is 2.95. The van der Waals surface area contributed by atoms with E-state index in [-0.39, 0.29) is 5.75 Å². The minimum atomic E-state index is -0.510. The summed E-state index contributed by atoms with van der Waals surface area (Å²) in [5.41, 5.74) is 1.95. The lowest BCUT2D eigenvalue weighted by molar-refractivity contribution is -0.137. The Balaban J connectivity index is 1.43. The SMILES string of the molecule is C=CC(=O)OCCCCCCOc1ccc(C(=O)Oc2ccc(C3CCC(CCC)CC3)cc2C=O)cc1. The second kappa shape index (κ2) is 15.8. The molecule has 1 aliphatic rings. The molecule has 0 heterocycles. The highest BCUT2D eigenvalue weighted by molar-refractivity contribution is 5.92. The van der Waals surface area contributed by atoms with Crippen LogP contribution in [0.3, 0.4) is 0 Å². The van der Waals surface area contributed by atoms with E-state index in [2.05, 4.69) is 13.5 Å². The first-order chi connectivity index (χ1) is 18.5. The highest BCUT2D eigenvalue weighted by atomic mass is 16.5. The van der Waals surface area contributed by atoms with Crippen LogP contribution in [0.2, 0.25) is 0 Å². The van der Waals surface area contributed by atoms with E-state index in [1.807, 2.05) is 12.1 Å². The van der Waals surface area contributed by atoms with Gasteiger partial charge < -0.3 is 14.2 Å². The summed E-state index contributed by atoms with van der Waals surface area (Å²) in [4.78, 5) is 35.5. The lowest BCUT2D eigenvalue weighted by Gasteiger charge is -2.28.